The molecule has 6 heteroatoms. The van der Waals surface area contributed by atoms with E-state index in [9.17, 15) is 9.59 Å². The van der Waals surface area contributed by atoms with Gasteiger partial charge in [0.05, 0.1) is 6.10 Å². The fourth-order valence-corrected chi connectivity index (χ4v) is 4.02. The van der Waals surface area contributed by atoms with E-state index in [1.165, 1.54) is 34.6 Å². The van der Waals surface area contributed by atoms with E-state index in [0.717, 1.165) is 32.3 Å². The molecule has 0 saturated carbocycles. The molecule has 2 aliphatic rings. The number of thiophene rings is 1. The van der Waals surface area contributed by atoms with Gasteiger partial charge in [-0.25, -0.2) is 4.79 Å². The van der Waals surface area contributed by atoms with Gasteiger partial charge in [-0.1, -0.05) is 0 Å². The van der Waals surface area contributed by atoms with Crippen LogP contribution in [0.15, 0.2) is 6.07 Å². The summed E-state index contributed by atoms with van der Waals surface area (Å²) in [6.45, 7) is 1.02. The molecule has 0 aromatic carbocycles. The second-order valence-electron chi connectivity index (χ2n) is 5.78. The molecule has 1 aliphatic heterocycles. The Morgan fingerprint density at radius 2 is 2.18 bits per heavy atom. The highest BCUT2D eigenvalue weighted by atomic mass is 32.1. The molecule has 1 fully saturated rings. The van der Waals surface area contributed by atoms with Gasteiger partial charge >= 0.3 is 5.97 Å². The van der Waals surface area contributed by atoms with Crippen LogP contribution in [0.25, 0.3) is 0 Å². The van der Waals surface area contributed by atoms with E-state index in [1.54, 1.807) is 0 Å². The molecule has 22 heavy (non-hydrogen) atoms. The van der Waals surface area contributed by atoms with Crippen molar-refractivity contribution in [3.05, 3.63) is 21.4 Å². The molecule has 1 aromatic rings. The molecule has 1 aromatic heterocycles. The van der Waals surface area contributed by atoms with E-state index in [2.05, 4.69) is 5.32 Å². The third-order valence-electron chi connectivity index (χ3n) is 4.08. The van der Waals surface area contributed by atoms with Crippen LogP contribution in [-0.4, -0.2) is 37.7 Å². The first-order chi connectivity index (χ1) is 10.7. The Labute approximate surface area is 134 Å². The van der Waals surface area contributed by atoms with E-state index < -0.39 is 5.97 Å². The van der Waals surface area contributed by atoms with Gasteiger partial charge in [-0.2, -0.15) is 0 Å². The quantitative estimate of drug-likeness (QED) is 0.843. The molecule has 5 nitrogen and oxygen atoms in total. The Hall–Kier alpha value is -1.40. The molecule has 0 unspecified atom stereocenters. The fourth-order valence-electron chi connectivity index (χ4n) is 2.88. The minimum absolute atomic E-state index is 0.101. The van der Waals surface area contributed by atoms with E-state index >= 15 is 0 Å². The Kier molecular flexibility index (Phi) is 5.10. The highest BCUT2D eigenvalue weighted by molar-refractivity contribution is 7.14. The van der Waals surface area contributed by atoms with Crippen molar-refractivity contribution >= 4 is 23.2 Å². The maximum atomic E-state index is 12.0. The van der Waals surface area contributed by atoms with Crippen molar-refractivity contribution in [1.29, 1.82) is 0 Å². The van der Waals surface area contributed by atoms with E-state index in [1.807, 2.05) is 6.07 Å². The number of esters is 1. The lowest BCUT2D eigenvalue weighted by molar-refractivity contribution is -0.124. The zero-order chi connectivity index (χ0) is 15.4. The van der Waals surface area contributed by atoms with E-state index in [-0.39, 0.29) is 18.6 Å². The monoisotopic (exact) mass is 323 g/mol. The van der Waals surface area contributed by atoms with Crippen LogP contribution in [0.3, 0.4) is 0 Å². The molecule has 3 rings (SSSR count). The van der Waals surface area contributed by atoms with Gasteiger partial charge in [0.25, 0.3) is 5.91 Å². The molecule has 0 radical (unpaired) electrons. The van der Waals surface area contributed by atoms with Crippen molar-refractivity contribution in [2.24, 2.45) is 0 Å². The van der Waals surface area contributed by atoms with Crippen molar-refractivity contribution in [2.45, 2.75) is 44.6 Å². The molecule has 1 amide bonds. The summed E-state index contributed by atoms with van der Waals surface area (Å²) >= 11 is 1.50. The Morgan fingerprint density at radius 3 is 2.95 bits per heavy atom. The average molecular weight is 323 g/mol. The average Bonchev–Trinajstić information content (AvgIpc) is 3.19. The van der Waals surface area contributed by atoms with Gasteiger partial charge in [0.2, 0.25) is 0 Å². The lowest BCUT2D eigenvalue weighted by Crippen LogP contribution is -2.34. The van der Waals surface area contributed by atoms with Crippen LogP contribution in [0.5, 0.6) is 0 Å². The zero-order valence-corrected chi connectivity index (χ0v) is 13.4. The van der Waals surface area contributed by atoms with E-state index in [0.29, 0.717) is 11.4 Å². The highest BCUT2D eigenvalue weighted by Crippen LogP contribution is 2.29. The molecule has 2 heterocycles. The van der Waals surface area contributed by atoms with Gasteiger partial charge in [0, 0.05) is 18.0 Å². The molecule has 0 bridgehead atoms. The van der Waals surface area contributed by atoms with Crippen LogP contribution < -0.4 is 5.32 Å². The number of hydrogen-bond acceptors (Lipinski definition) is 5. The molecule has 1 aliphatic carbocycles. The number of fused-ring (bicyclic) bond motifs is 1. The van der Waals surface area contributed by atoms with Crippen molar-refractivity contribution in [3.63, 3.8) is 0 Å². The number of hydrogen-bond donors (Lipinski definition) is 1. The summed E-state index contributed by atoms with van der Waals surface area (Å²) in [6, 6.07) is 1.92. The largest absolute Gasteiger partial charge is 0.451 e. The molecule has 1 saturated heterocycles. The lowest BCUT2D eigenvalue weighted by atomic mass is 9.99. The number of rotatable bonds is 5. The van der Waals surface area contributed by atoms with Crippen LogP contribution in [0, 0.1) is 0 Å². The first kappa shape index (κ1) is 15.5. The lowest BCUT2D eigenvalue weighted by Gasteiger charge is -2.10. The normalized spacial score (nSPS) is 20.5. The maximum absolute atomic E-state index is 12.0. The summed E-state index contributed by atoms with van der Waals surface area (Å²) in [4.78, 5) is 25.6. The maximum Gasteiger partial charge on any atom is 0.348 e. The molecule has 120 valence electrons. The third kappa shape index (κ3) is 3.87. The van der Waals surface area contributed by atoms with Gasteiger partial charge in [0.1, 0.15) is 4.88 Å². The molecule has 1 atom stereocenters. The summed E-state index contributed by atoms with van der Waals surface area (Å²) in [5.41, 5.74) is 1.27. The number of amides is 1. The third-order valence-corrected chi connectivity index (χ3v) is 5.30. The van der Waals surface area contributed by atoms with Crippen LogP contribution in [0.2, 0.25) is 0 Å². The highest BCUT2D eigenvalue weighted by Gasteiger charge is 2.20. The number of aryl methyl sites for hydroxylation is 2. The Bertz CT molecular complexity index is 525. The molecular weight excluding hydrogens is 302 g/mol. The van der Waals surface area contributed by atoms with Gasteiger partial charge < -0.3 is 14.8 Å². The first-order valence-electron chi connectivity index (χ1n) is 7.89. The summed E-state index contributed by atoms with van der Waals surface area (Å²) in [7, 11) is 0. The van der Waals surface area contributed by atoms with Gasteiger partial charge in [-0.15, -0.1) is 11.3 Å². The molecule has 1 N–H and O–H groups in total. The van der Waals surface area contributed by atoms with Crippen molar-refractivity contribution < 1.29 is 19.1 Å². The van der Waals surface area contributed by atoms with Gasteiger partial charge in [-0.05, 0) is 50.2 Å². The van der Waals surface area contributed by atoms with Crippen LogP contribution in [0.1, 0.15) is 45.8 Å². The minimum Gasteiger partial charge on any atom is -0.451 e. The topological polar surface area (TPSA) is 64.6 Å². The van der Waals surface area contributed by atoms with Crippen LogP contribution >= 0.6 is 11.3 Å². The number of nitrogens with one attached hydrogen (secondary N) is 1. The second kappa shape index (κ2) is 7.24. The van der Waals surface area contributed by atoms with E-state index in [4.69, 9.17) is 9.47 Å². The number of carbonyl (C=O) groups is 2. The first-order valence-corrected chi connectivity index (χ1v) is 8.71. The molecule has 0 spiro atoms. The molecular formula is C16H21NO4S. The second-order valence-corrected chi connectivity index (χ2v) is 6.92. The summed E-state index contributed by atoms with van der Waals surface area (Å²) < 4.78 is 10.5. The van der Waals surface area contributed by atoms with Crippen molar-refractivity contribution in [2.75, 3.05) is 19.8 Å². The Morgan fingerprint density at radius 1 is 1.32 bits per heavy atom. The Balaban J connectivity index is 1.43. The van der Waals surface area contributed by atoms with Crippen molar-refractivity contribution in [1.82, 2.24) is 5.32 Å². The van der Waals surface area contributed by atoms with Crippen LogP contribution in [-0.2, 0) is 27.1 Å². The smallest absolute Gasteiger partial charge is 0.348 e. The number of carbonyl (C=O) groups excluding carboxylic acids is 2. The van der Waals surface area contributed by atoms with Gasteiger partial charge in [0.15, 0.2) is 6.61 Å². The standard InChI is InChI=1S/C16H21NO4S/c18-15(17-9-12-5-3-7-20-12)10-21-16(19)14-8-11-4-1-2-6-13(11)22-14/h8,12H,1-7,9-10H2,(H,17,18)/t12-/m1/s1. The summed E-state index contributed by atoms with van der Waals surface area (Å²) in [5, 5.41) is 2.74. The summed E-state index contributed by atoms with van der Waals surface area (Å²) in [6.07, 6.45) is 6.58. The number of ether oxygens (including phenoxy) is 2. The summed E-state index contributed by atoms with van der Waals surface area (Å²) in [5.74, 6) is -0.670. The van der Waals surface area contributed by atoms with Crippen molar-refractivity contribution in [3.8, 4) is 0 Å². The van der Waals surface area contributed by atoms with Crippen LogP contribution in [0.4, 0.5) is 0 Å². The SMILES string of the molecule is O=C(COC(=O)c1cc2c(s1)CCCC2)NC[C@H]1CCCO1. The zero-order valence-electron chi connectivity index (χ0n) is 12.6. The van der Waals surface area contributed by atoms with Gasteiger partial charge in [-0.3, -0.25) is 4.79 Å². The predicted octanol–water partition coefficient (Wildman–Crippen LogP) is 2.08. The predicted molar refractivity (Wildman–Crippen MR) is 83.2 cm³/mol. The fraction of sp³-hybridized carbons (Fsp3) is 0.625. The minimum atomic E-state index is -0.397.